The summed E-state index contributed by atoms with van der Waals surface area (Å²) in [5.41, 5.74) is 21.6. The van der Waals surface area contributed by atoms with E-state index in [1.54, 1.807) is 20.1 Å². The lowest BCUT2D eigenvalue weighted by Gasteiger charge is -2.17. The first-order valence-corrected chi connectivity index (χ1v) is 40.4. The van der Waals surface area contributed by atoms with Gasteiger partial charge >= 0.3 is 0 Å². The number of aromatic nitrogens is 15. The number of aromatic amines is 1. The fourth-order valence-electron chi connectivity index (χ4n) is 16.2. The Morgan fingerprint density at radius 1 is 0.336 bits per heavy atom. The molecule has 9 heterocycles. The van der Waals surface area contributed by atoms with E-state index in [2.05, 4.69) is 208 Å². The normalized spacial score (nSPS) is 11.5. The summed E-state index contributed by atoms with van der Waals surface area (Å²) in [5.74, 6) is 7.61. The molecular formula is C94H106FN19O5. The van der Waals surface area contributed by atoms with Crippen LogP contribution in [0.15, 0.2) is 158 Å². The van der Waals surface area contributed by atoms with E-state index in [0.29, 0.717) is 61.3 Å². The molecule has 1 unspecified atom stereocenters. The summed E-state index contributed by atoms with van der Waals surface area (Å²) in [6.07, 6.45) is 1.09. The van der Waals surface area contributed by atoms with Crippen LogP contribution in [-0.2, 0) is 0 Å². The van der Waals surface area contributed by atoms with Gasteiger partial charge in [0.1, 0.15) is 45.6 Å². The van der Waals surface area contributed by atoms with Gasteiger partial charge in [0.25, 0.3) is 0 Å². The number of H-pyrrole nitrogens is 1. The van der Waals surface area contributed by atoms with Gasteiger partial charge in [-0.15, -0.1) is 20.4 Å². The number of hydrogen-bond acceptors (Lipinski definition) is 19. The molecule has 16 aromatic rings. The number of benzene rings is 7. The second-order valence-corrected chi connectivity index (χ2v) is 30.0. The molecule has 0 aliphatic heterocycles. The standard InChI is InChI=1S/C24H25FN4O.C24H26N4O2.C23H23N7O.C23H32N4O/c1-6-30-20-11-9-19(10-12-20)29-16(4)22-15(3)27-28-24(23(22)17(29)5)26-18-8-7-14(2)21(25)13-18;1-6-30-21-13-9-19(10-14-21)28-16(3)22-15(2)26-27-24(23(22)17(28)4)25-18-7-11-20(29-5)12-8-18;1-5-31-18-9-7-17(8-10-18)30-14(3)21-13(2)25-28-23(22(21)15(30)4)24-16-6-11-19-20(12-16)27-29-26-19;1-8-28-20-11-9-19(10-12-20)27-17(6)21-16(5)25-26-23(22(21)18(27)7)24-15(4)13-14(2)3/h7-13H,6H2,1-5H3,(H,26,28);7-14H,6H2,1-5H3,(H,25,27);6-12H,5H2,1-4H3,(H,24,28)(H,26,27,29);9-12,14-15H,8,13H2,1-7H3,(H,24,26). The third-order valence-electron chi connectivity index (χ3n) is 21.4. The number of ether oxygens (including phenoxy) is 5. The lowest BCUT2D eigenvalue weighted by Crippen LogP contribution is -2.19. The van der Waals surface area contributed by atoms with Gasteiger partial charge in [-0.1, -0.05) is 19.9 Å². The maximum atomic E-state index is 14.0. The average Bonchev–Trinajstić information content (AvgIpc) is 1.61. The molecule has 24 nitrogen and oxygen atoms in total. The van der Waals surface area contributed by atoms with E-state index in [9.17, 15) is 4.39 Å². The summed E-state index contributed by atoms with van der Waals surface area (Å²) in [7, 11) is 1.66. The number of rotatable bonds is 23. The van der Waals surface area contributed by atoms with Gasteiger partial charge in [0.15, 0.2) is 23.3 Å². The lowest BCUT2D eigenvalue weighted by atomic mass is 10.0. The molecule has 0 aliphatic carbocycles. The van der Waals surface area contributed by atoms with E-state index in [0.717, 1.165) is 187 Å². The molecule has 119 heavy (non-hydrogen) atoms. The van der Waals surface area contributed by atoms with Crippen LogP contribution in [0.3, 0.4) is 0 Å². The van der Waals surface area contributed by atoms with Crippen LogP contribution in [-0.4, -0.2) is 114 Å². The van der Waals surface area contributed by atoms with E-state index in [4.69, 9.17) is 23.7 Å². The van der Waals surface area contributed by atoms with Crippen molar-refractivity contribution in [2.24, 2.45) is 5.92 Å². The molecule has 0 fully saturated rings. The molecule has 0 bridgehead atoms. The van der Waals surface area contributed by atoms with Crippen molar-refractivity contribution in [3.8, 4) is 51.5 Å². The van der Waals surface area contributed by atoms with Crippen LogP contribution in [0.2, 0.25) is 0 Å². The number of nitrogens with one attached hydrogen (secondary N) is 5. The van der Waals surface area contributed by atoms with Crippen LogP contribution in [0.5, 0.6) is 28.7 Å². The molecule has 16 rings (SSSR count). The van der Waals surface area contributed by atoms with E-state index in [1.807, 2.05) is 165 Å². The van der Waals surface area contributed by atoms with Crippen molar-refractivity contribution in [1.82, 2.24) is 74.5 Å². The molecular weight excluding hydrogens is 1490 g/mol. The van der Waals surface area contributed by atoms with Crippen molar-refractivity contribution in [1.29, 1.82) is 0 Å². The van der Waals surface area contributed by atoms with Crippen LogP contribution in [0.4, 0.5) is 44.7 Å². The van der Waals surface area contributed by atoms with Crippen LogP contribution >= 0.6 is 0 Å². The smallest absolute Gasteiger partial charge is 0.162 e. The monoisotopic (exact) mass is 1600 g/mol. The number of anilines is 7. The van der Waals surface area contributed by atoms with Crippen LogP contribution < -0.4 is 45.0 Å². The fourth-order valence-corrected chi connectivity index (χ4v) is 16.2. The highest BCUT2D eigenvalue weighted by atomic mass is 19.1. The third kappa shape index (κ3) is 17.5. The van der Waals surface area contributed by atoms with Gasteiger partial charge < -0.3 is 63.2 Å². The van der Waals surface area contributed by atoms with Gasteiger partial charge in [-0.3, -0.25) is 0 Å². The van der Waals surface area contributed by atoms with Gasteiger partial charge in [-0.25, -0.2) is 4.39 Å². The first kappa shape index (κ1) is 83.5. The summed E-state index contributed by atoms with van der Waals surface area (Å²) in [4.78, 5) is 0. The Kier molecular flexibility index (Phi) is 25.5. The highest BCUT2D eigenvalue weighted by Crippen LogP contribution is 2.41. The highest BCUT2D eigenvalue weighted by molar-refractivity contribution is 6.03. The van der Waals surface area contributed by atoms with Gasteiger partial charge in [-0.2, -0.15) is 35.8 Å². The van der Waals surface area contributed by atoms with Crippen molar-refractivity contribution in [3.05, 3.63) is 237 Å². The van der Waals surface area contributed by atoms with Crippen molar-refractivity contribution in [2.45, 2.75) is 151 Å². The van der Waals surface area contributed by atoms with E-state index in [-0.39, 0.29) is 5.82 Å². The van der Waals surface area contributed by atoms with Gasteiger partial charge in [0.2, 0.25) is 0 Å². The molecule has 0 aliphatic rings. The zero-order valence-corrected chi connectivity index (χ0v) is 71.9. The third-order valence-corrected chi connectivity index (χ3v) is 21.4. The predicted octanol–water partition coefficient (Wildman–Crippen LogP) is 21.8. The number of halogens is 1. The molecule has 0 saturated carbocycles. The molecule has 1 atom stereocenters. The lowest BCUT2D eigenvalue weighted by molar-refractivity contribution is 0.340. The summed E-state index contributed by atoms with van der Waals surface area (Å²) in [5, 5.41) is 68.8. The minimum atomic E-state index is -0.254. The Hall–Kier alpha value is -13.5. The zero-order valence-electron chi connectivity index (χ0n) is 71.9. The number of nitrogens with zero attached hydrogens (tertiary/aromatic N) is 14. The minimum Gasteiger partial charge on any atom is -0.497 e. The zero-order chi connectivity index (χ0) is 84.6. The van der Waals surface area contributed by atoms with Gasteiger partial charge in [0, 0.05) is 134 Å². The number of aryl methyl sites for hydroxylation is 13. The summed E-state index contributed by atoms with van der Waals surface area (Å²) in [6.45, 7) is 43.9. The average molecular weight is 1600 g/mol. The Balaban J connectivity index is 0.000000137. The first-order chi connectivity index (χ1) is 57.3. The van der Waals surface area contributed by atoms with Crippen molar-refractivity contribution >= 4 is 94.5 Å². The maximum Gasteiger partial charge on any atom is 0.162 e. The molecule has 0 amide bonds. The number of methoxy groups -OCH3 is 1. The molecule has 0 saturated heterocycles. The Labute approximate surface area is 693 Å². The number of hydrogen-bond donors (Lipinski definition) is 5. The second-order valence-electron chi connectivity index (χ2n) is 30.0. The summed E-state index contributed by atoms with van der Waals surface area (Å²) in [6, 6.07) is 51.6. The Morgan fingerprint density at radius 3 is 0.966 bits per heavy atom. The van der Waals surface area contributed by atoms with Gasteiger partial charge in [-0.05, 0) is 294 Å². The molecule has 7 aromatic carbocycles. The topological polar surface area (TPSA) is 259 Å². The van der Waals surface area contributed by atoms with Crippen molar-refractivity contribution in [2.75, 3.05) is 54.8 Å². The van der Waals surface area contributed by atoms with E-state index < -0.39 is 0 Å². The van der Waals surface area contributed by atoms with Gasteiger partial charge in [0.05, 0.1) is 56.3 Å². The van der Waals surface area contributed by atoms with Crippen LogP contribution in [0, 0.1) is 102 Å². The molecule has 5 N–H and O–H groups in total. The summed E-state index contributed by atoms with van der Waals surface area (Å²) >= 11 is 0. The largest absolute Gasteiger partial charge is 0.497 e. The molecule has 0 radical (unpaired) electrons. The van der Waals surface area contributed by atoms with Crippen molar-refractivity contribution < 1.29 is 28.1 Å². The summed E-state index contributed by atoms with van der Waals surface area (Å²) < 4.78 is 50.6. The molecule has 9 aromatic heterocycles. The second kappa shape index (κ2) is 36.4. The highest BCUT2D eigenvalue weighted by Gasteiger charge is 2.26. The number of fused-ring (bicyclic) bond motifs is 5. The van der Waals surface area contributed by atoms with Crippen LogP contribution in [0.25, 0.3) is 76.9 Å². The predicted molar refractivity (Wildman–Crippen MR) is 477 cm³/mol. The van der Waals surface area contributed by atoms with Crippen LogP contribution in [0.1, 0.15) is 129 Å². The Morgan fingerprint density at radius 2 is 0.630 bits per heavy atom. The maximum absolute atomic E-state index is 14.0. The minimum absolute atomic E-state index is 0.254. The molecule has 25 heteroatoms. The van der Waals surface area contributed by atoms with E-state index in [1.165, 1.54) is 22.8 Å². The molecule has 614 valence electrons. The quantitative estimate of drug-likeness (QED) is 0.0399. The fraction of sp³-hybridized carbons (Fsp3) is 0.298. The molecule has 0 spiro atoms. The van der Waals surface area contributed by atoms with E-state index >= 15 is 0 Å². The van der Waals surface area contributed by atoms with Crippen molar-refractivity contribution in [3.63, 3.8) is 0 Å². The Bertz CT molecular complexity index is 6290. The first-order valence-electron chi connectivity index (χ1n) is 40.4. The SMILES string of the molecule is CCOc1ccc(-n2c(C)c3c(C)nnc(NC(C)CC(C)C)c3c2C)cc1.CCOc1ccc(-n2c(C)c3c(C)nnc(Nc4ccc(C)c(F)c4)c3c2C)cc1.CCOc1ccc(-n2c(C)c3c(C)nnc(Nc4ccc(OC)cc4)c3c2C)cc1.CCOc1ccc(-n2c(C)c3c(C)nnc(Nc4ccc5n[nH]nc5c4)c3c2C)cc1.